The highest BCUT2D eigenvalue weighted by Crippen LogP contribution is 2.44. The van der Waals surface area contributed by atoms with E-state index in [1.165, 1.54) is 0 Å². The zero-order valence-corrected chi connectivity index (χ0v) is 11.3. The number of hydrogen-bond donors (Lipinski definition) is 1. The Morgan fingerprint density at radius 1 is 1.22 bits per heavy atom. The Hall–Kier alpha value is -1.06. The average molecular weight is 253 g/mol. The van der Waals surface area contributed by atoms with Gasteiger partial charge in [-0.1, -0.05) is 20.3 Å². The molecule has 1 aliphatic carbocycles. The van der Waals surface area contributed by atoms with Gasteiger partial charge in [-0.3, -0.25) is 9.59 Å². The van der Waals surface area contributed by atoms with Gasteiger partial charge in [0.1, 0.15) is 0 Å². The number of aliphatic carboxylic acids is 1. The van der Waals surface area contributed by atoms with Crippen LogP contribution in [0.1, 0.15) is 46.0 Å². The van der Waals surface area contributed by atoms with E-state index in [-0.39, 0.29) is 12.3 Å². The molecular weight excluding hydrogens is 230 g/mol. The summed E-state index contributed by atoms with van der Waals surface area (Å²) >= 11 is 0. The lowest BCUT2D eigenvalue weighted by atomic mass is 9.66. The van der Waals surface area contributed by atoms with E-state index in [2.05, 4.69) is 13.8 Å². The first kappa shape index (κ1) is 13.4. The molecule has 2 atom stereocenters. The predicted molar refractivity (Wildman–Crippen MR) is 68.1 cm³/mol. The molecule has 0 radical (unpaired) electrons. The van der Waals surface area contributed by atoms with E-state index < -0.39 is 11.4 Å². The molecule has 2 aliphatic rings. The van der Waals surface area contributed by atoms with Gasteiger partial charge in [0.2, 0.25) is 5.91 Å². The summed E-state index contributed by atoms with van der Waals surface area (Å²) in [7, 11) is 0. The Morgan fingerprint density at radius 2 is 1.78 bits per heavy atom. The van der Waals surface area contributed by atoms with E-state index in [4.69, 9.17) is 0 Å². The van der Waals surface area contributed by atoms with Crippen molar-refractivity contribution in [2.45, 2.75) is 46.0 Å². The van der Waals surface area contributed by atoms with Crippen LogP contribution in [0.5, 0.6) is 0 Å². The molecule has 0 spiro atoms. The first-order chi connectivity index (χ1) is 8.43. The van der Waals surface area contributed by atoms with Crippen molar-refractivity contribution in [1.29, 1.82) is 0 Å². The molecule has 18 heavy (non-hydrogen) atoms. The van der Waals surface area contributed by atoms with Gasteiger partial charge >= 0.3 is 5.97 Å². The van der Waals surface area contributed by atoms with Gasteiger partial charge in [-0.05, 0) is 31.1 Å². The van der Waals surface area contributed by atoms with Crippen molar-refractivity contribution in [3.63, 3.8) is 0 Å². The maximum absolute atomic E-state index is 12.3. The summed E-state index contributed by atoms with van der Waals surface area (Å²) in [5.41, 5.74) is -0.749. The van der Waals surface area contributed by atoms with Gasteiger partial charge in [-0.25, -0.2) is 0 Å². The van der Waals surface area contributed by atoms with E-state index in [0.29, 0.717) is 24.7 Å². The first-order valence-electron chi connectivity index (χ1n) is 6.94. The van der Waals surface area contributed by atoms with Crippen LogP contribution in [0.4, 0.5) is 0 Å². The van der Waals surface area contributed by atoms with Crippen molar-refractivity contribution >= 4 is 11.9 Å². The number of carboxylic acids is 1. The molecule has 2 fully saturated rings. The van der Waals surface area contributed by atoms with E-state index in [1.54, 1.807) is 0 Å². The Labute approximate surface area is 108 Å². The minimum atomic E-state index is -0.791. The highest BCUT2D eigenvalue weighted by Gasteiger charge is 2.46. The van der Waals surface area contributed by atoms with Gasteiger partial charge < -0.3 is 10.0 Å². The SMILES string of the molecule is CC1CC(C)CN(C(=O)CC2(C(=O)O)CCC2)C1. The van der Waals surface area contributed by atoms with Crippen LogP contribution in [-0.4, -0.2) is 35.0 Å². The molecule has 1 heterocycles. The Bertz CT molecular complexity index is 339. The summed E-state index contributed by atoms with van der Waals surface area (Å²) in [6.45, 7) is 5.90. The molecule has 1 saturated heterocycles. The summed E-state index contributed by atoms with van der Waals surface area (Å²) in [6.07, 6.45) is 3.61. The standard InChI is InChI=1S/C14H23NO3/c1-10-6-11(2)9-15(8-10)12(16)7-14(13(17)18)4-3-5-14/h10-11H,3-9H2,1-2H3,(H,17,18). The minimum absolute atomic E-state index is 0.0375. The van der Waals surface area contributed by atoms with Crippen LogP contribution in [0.2, 0.25) is 0 Å². The largest absolute Gasteiger partial charge is 0.481 e. The van der Waals surface area contributed by atoms with Crippen molar-refractivity contribution in [2.75, 3.05) is 13.1 Å². The van der Waals surface area contributed by atoms with Crippen molar-refractivity contribution < 1.29 is 14.7 Å². The monoisotopic (exact) mass is 253 g/mol. The molecule has 1 saturated carbocycles. The van der Waals surface area contributed by atoms with Crippen molar-refractivity contribution in [1.82, 2.24) is 4.90 Å². The minimum Gasteiger partial charge on any atom is -0.481 e. The highest BCUT2D eigenvalue weighted by atomic mass is 16.4. The molecule has 102 valence electrons. The Balaban J connectivity index is 1.97. The number of hydrogen-bond acceptors (Lipinski definition) is 2. The summed E-state index contributed by atoms with van der Waals surface area (Å²) in [5.74, 6) is 0.301. The van der Waals surface area contributed by atoms with Gasteiger partial charge in [-0.2, -0.15) is 0 Å². The van der Waals surface area contributed by atoms with Gasteiger partial charge in [0, 0.05) is 19.5 Å². The molecule has 1 aliphatic heterocycles. The van der Waals surface area contributed by atoms with E-state index >= 15 is 0 Å². The lowest BCUT2D eigenvalue weighted by Crippen LogP contribution is -2.47. The lowest BCUT2D eigenvalue weighted by Gasteiger charge is -2.41. The number of carbonyl (C=O) groups excluding carboxylic acids is 1. The smallest absolute Gasteiger partial charge is 0.310 e. The fourth-order valence-corrected chi connectivity index (χ4v) is 3.34. The van der Waals surface area contributed by atoms with Gasteiger partial charge in [0.15, 0.2) is 0 Å². The second kappa shape index (κ2) is 4.90. The van der Waals surface area contributed by atoms with Crippen LogP contribution in [-0.2, 0) is 9.59 Å². The number of nitrogens with zero attached hydrogens (tertiary/aromatic N) is 1. The number of rotatable bonds is 3. The van der Waals surface area contributed by atoms with Crippen molar-refractivity contribution in [2.24, 2.45) is 17.3 Å². The maximum atomic E-state index is 12.3. The number of carbonyl (C=O) groups is 2. The van der Waals surface area contributed by atoms with Crippen molar-refractivity contribution in [3.05, 3.63) is 0 Å². The fourth-order valence-electron chi connectivity index (χ4n) is 3.34. The summed E-state index contributed by atoms with van der Waals surface area (Å²) < 4.78 is 0. The number of piperidine rings is 1. The van der Waals surface area contributed by atoms with Gasteiger partial charge in [0.05, 0.1) is 5.41 Å². The second-order valence-electron chi connectivity index (χ2n) is 6.36. The van der Waals surface area contributed by atoms with E-state index in [9.17, 15) is 14.7 Å². The topological polar surface area (TPSA) is 57.6 Å². The highest BCUT2D eigenvalue weighted by molar-refractivity contribution is 5.85. The van der Waals surface area contributed by atoms with Crippen molar-refractivity contribution in [3.8, 4) is 0 Å². The molecule has 4 heteroatoms. The third-order valence-electron chi connectivity index (χ3n) is 4.48. The lowest BCUT2D eigenvalue weighted by molar-refractivity contribution is -0.160. The average Bonchev–Trinajstić information content (AvgIpc) is 2.21. The third-order valence-corrected chi connectivity index (χ3v) is 4.48. The number of likely N-dealkylation sites (tertiary alicyclic amines) is 1. The fraction of sp³-hybridized carbons (Fsp3) is 0.857. The van der Waals surface area contributed by atoms with Crippen LogP contribution in [0.25, 0.3) is 0 Å². The summed E-state index contributed by atoms with van der Waals surface area (Å²) in [4.78, 5) is 25.4. The molecule has 4 nitrogen and oxygen atoms in total. The predicted octanol–water partition coefficient (Wildman–Crippen LogP) is 2.14. The Kier molecular flexibility index (Phi) is 3.64. The molecule has 1 amide bonds. The van der Waals surface area contributed by atoms with Crippen LogP contribution >= 0.6 is 0 Å². The van der Waals surface area contributed by atoms with Gasteiger partial charge in [-0.15, -0.1) is 0 Å². The third kappa shape index (κ3) is 2.52. The molecule has 1 N–H and O–H groups in total. The quantitative estimate of drug-likeness (QED) is 0.838. The number of amides is 1. The molecule has 0 aromatic carbocycles. The normalized spacial score (nSPS) is 30.7. The van der Waals surface area contributed by atoms with Gasteiger partial charge in [0.25, 0.3) is 0 Å². The van der Waals surface area contributed by atoms with E-state index in [0.717, 1.165) is 25.9 Å². The van der Waals surface area contributed by atoms with Crippen LogP contribution in [0.3, 0.4) is 0 Å². The van der Waals surface area contributed by atoms with Crippen LogP contribution < -0.4 is 0 Å². The molecule has 0 aromatic rings. The van der Waals surface area contributed by atoms with Crippen LogP contribution in [0, 0.1) is 17.3 Å². The van der Waals surface area contributed by atoms with E-state index in [1.807, 2.05) is 4.90 Å². The molecule has 2 unspecified atom stereocenters. The molecular formula is C14H23NO3. The second-order valence-corrected chi connectivity index (χ2v) is 6.36. The summed E-state index contributed by atoms with van der Waals surface area (Å²) in [5, 5.41) is 9.26. The summed E-state index contributed by atoms with van der Waals surface area (Å²) in [6, 6.07) is 0. The maximum Gasteiger partial charge on any atom is 0.310 e. The zero-order valence-electron chi connectivity index (χ0n) is 11.3. The molecule has 0 bridgehead atoms. The Morgan fingerprint density at radius 3 is 2.17 bits per heavy atom. The number of carboxylic acid groups (broad SMARTS) is 1. The molecule has 0 aromatic heterocycles. The van der Waals surface area contributed by atoms with Crippen LogP contribution in [0.15, 0.2) is 0 Å². The zero-order chi connectivity index (χ0) is 13.3. The molecule has 2 rings (SSSR count). The first-order valence-corrected chi connectivity index (χ1v) is 6.94.